The molecule has 1 amide bonds. The largest absolute Gasteiger partial charge is 0.491 e. The summed E-state index contributed by atoms with van der Waals surface area (Å²) < 4.78 is 5.56. The number of anilines is 1. The monoisotopic (exact) mass is 351 g/mol. The molecule has 0 spiro atoms. The molecule has 0 atom stereocenters. The van der Waals surface area contributed by atoms with E-state index in [4.69, 9.17) is 4.74 Å². The zero-order chi connectivity index (χ0) is 19.1. The first-order valence-electron chi connectivity index (χ1n) is 7.84. The Hall–Kier alpha value is -3.66. The maximum absolute atomic E-state index is 12.4. The van der Waals surface area contributed by atoms with E-state index in [1.807, 2.05) is 13.8 Å². The fourth-order valence-corrected chi connectivity index (χ4v) is 2.20. The molecular weight excluding hydrogens is 334 g/mol. The van der Waals surface area contributed by atoms with Crippen molar-refractivity contribution in [2.45, 2.75) is 20.0 Å². The molecule has 0 aliphatic rings. The molecule has 0 saturated heterocycles. The van der Waals surface area contributed by atoms with Crippen molar-refractivity contribution in [3.63, 3.8) is 0 Å². The molecule has 0 aliphatic carbocycles. The topological polar surface area (TPSA) is 105 Å². The lowest BCUT2D eigenvalue weighted by molar-refractivity contribution is -0.385. The highest BCUT2D eigenvalue weighted by Gasteiger charge is 2.15. The van der Waals surface area contributed by atoms with Crippen LogP contribution in [0.15, 0.2) is 54.1 Å². The lowest BCUT2D eigenvalue weighted by Crippen LogP contribution is -2.14. The van der Waals surface area contributed by atoms with Crippen molar-refractivity contribution in [1.82, 2.24) is 0 Å². The van der Waals surface area contributed by atoms with Crippen LogP contribution in [0, 0.1) is 21.4 Å². The number of carbonyl (C=O) groups excluding carboxylic acids is 1. The predicted molar refractivity (Wildman–Crippen MR) is 97.5 cm³/mol. The Morgan fingerprint density at radius 1 is 1.27 bits per heavy atom. The van der Waals surface area contributed by atoms with Gasteiger partial charge in [-0.25, -0.2) is 0 Å². The van der Waals surface area contributed by atoms with Crippen LogP contribution in [-0.4, -0.2) is 16.9 Å². The van der Waals surface area contributed by atoms with E-state index in [1.165, 1.54) is 24.3 Å². The number of rotatable bonds is 6. The second kappa shape index (κ2) is 8.44. The van der Waals surface area contributed by atoms with Crippen LogP contribution in [0.5, 0.6) is 5.75 Å². The molecule has 1 N–H and O–H groups in total. The maximum atomic E-state index is 12.4. The number of para-hydroxylation sites is 1. The first-order chi connectivity index (χ1) is 12.4. The Balaban J connectivity index is 2.25. The molecule has 132 valence electrons. The standard InChI is InChI=1S/C19H17N3O4/c1-13(2)26-17-8-5-7-16(11-17)21-19(23)15(12-20)10-14-6-3-4-9-18(14)22(24)25/h3-11,13H,1-2H3,(H,21,23)/b15-10-. The number of ether oxygens (including phenoxy) is 1. The molecule has 0 aromatic heterocycles. The van der Waals surface area contributed by atoms with E-state index in [0.29, 0.717) is 11.4 Å². The third-order valence-corrected chi connectivity index (χ3v) is 3.26. The number of benzene rings is 2. The van der Waals surface area contributed by atoms with E-state index in [2.05, 4.69) is 5.32 Å². The van der Waals surface area contributed by atoms with E-state index >= 15 is 0 Å². The highest BCUT2D eigenvalue weighted by Crippen LogP contribution is 2.22. The zero-order valence-electron chi connectivity index (χ0n) is 14.3. The van der Waals surface area contributed by atoms with Crippen LogP contribution in [0.25, 0.3) is 6.08 Å². The minimum absolute atomic E-state index is 0.0193. The van der Waals surface area contributed by atoms with Crippen molar-refractivity contribution in [1.29, 1.82) is 5.26 Å². The number of hydrogen-bond donors (Lipinski definition) is 1. The van der Waals surface area contributed by atoms with Gasteiger partial charge in [-0.3, -0.25) is 14.9 Å². The third kappa shape index (κ3) is 4.92. The van der Waals surface area contributed by atoms with E-state index in [1.54, 1.807) is 36.4 Å². The number of hydrogen-bond acceptors (Lipinski definition) is 5. The van der Waals surface area contributed by atoms with Gasteiger partial charge in [0, 0.05) is 17.8 Å². The van der Waals surface area contributed by atoms with Gasteiger partial charge in [0.1, 0.15) is 17.4 Å². The van der Waals surface area contributed by atoms with Gasteiger partial charge in [-0.2, -0.15) is 5.26 Å². The molecule has 0 heterocycles. The average molecular weight is 351 g/mol. The van der Waals surface area contributed by atoms with Crippen LogP contribution in [-0.2, 0) is 4.79 Å². The summed E-state index contributed by atoms with van der Waals surface area (Å²) in [7, 11) is 0. The van der Waals surface area contributed by atoms with Crippen molar-refractivity contribution in [2.24, 2.45) is 0 Å². The SMILES string of the molecule is CC(C)Oc1cccc(NC(=O)/C(C#N)=C\c2ccccc2[N+](=O)[O-])c1. The van der Waals surface area contributed by atoms with Crippen molar-refractivity contribution in [2.75, 3.05) is 5.32 Å². The smallest absolute Gasteiger partial charge is 0.276 e. The number of nitrogens with one attached hydrogen (secondary N) is 1. The van der Waals surface area contributed by atoms with E-state index in [0.717, 1.165) is 0 Å². The minimum atomic E-state index is -0.660. The van der Waals surface area contributed by atoms with Crippen LogP contribution < -0.4 is 10.1 Å². The van der Waals surface area contributed by atoms with Gasteiger partial charge in [0.2, 0.25) is 0 Å². The van der Waals surface area contributed by atoms with Crippen molar-refractivity contribution in [3.05, 3.63) is 69.8 Å². The first kappa shape index (κ1) is 18.7. The molecule has 7 nitrogen and oxygen atoms in total. The molecule has 0 unspecified atom stereocenters. The Kier molecular flexibility index (Phi) is 6.06. The van der Waals surface area contributed by atoms with Gasteiger partial charge in [0.05, 0.1) is 16.6 Å². The summed E-state index contributed by atoms with van der Waals surface area (Å²) in [5.41, 5.74) is 0.216. The van der Waals surface area contributed by atoms with Crippen LogP contribution in [0.3, 0.4) is 0 Å². The average Bonchev–Trinajstić information content (AvgIpc) is 2.59. The summed E-state index contributed by atoms with van der Waals surface area (Å²) in [5.74, 6) is -0.0775. The molecule has 0 radical (unpaired) electrons. The number of nitriles is 1. The zero-order valence-corrected chi connectivity index (χ0v) is 14.3. The van der Waals surface area contributed by atoms with Gasteiger partial charge >= 0.3 is 0 Å². The molecule has 0 saturated carbocycles. The Bertz CT molecular complexity index is 898. The van der Waals surface area contributed by atoms with Gasteiger partial charge in [-0.1, -0.05) is 18.2 Å². The molecule has 0 bridgehead atoms. The van der Waals surface area contributed by atoms with Crippen molar-refractivity contribution < 1.29 is 14.5 Å². The van der Waals surface area contributed by atoms with Gasteiger partial charge in [-0.05, 0) is 38.1 Å². The summed E-state index contributed by atoms with van der Waals surface area (Å²) >= 11 is 0. The third-order valence-electron chi connectivity index (χ3n) is 3.26. The Labute approximate surface area is 150 Å². The van der Waals surface area contributed by atoms with Crippen LogP contribution in [0.2, 0.25) is 0 Å². The van der Waals surface area contributed by atoms with Gasteiger partial charge < -0.3 is 10.1 Å². The van der Waals surface area contributed by atoms with Crippen molar-refractivity contribution in [3.8, 4) is 11.8 Å². The number of carbonyl (C=O) groups is 1. The maximum Gasteiger partial charge on any atom is 0.276 e. The summed E-state index contributed by atoms with van der Waals surface area (Å²) in [6.07, 6.45) is 1.18. The Morgan fingerprint density at radius 3 is 2.65 bits per heavy atom. The molecule has 2 aromatic rings. The summed E-state index contributed by atoms with van der Waals surface area (Å²) in [6.45, 7) is 3.77. The second-order valence-corrected chi connectivity index (χ2v) is 5.63. The summed E-state index contributed by atoms with van der Waals surface area (Å²) in [6, 6.07) is 14.4. The fraction of sp³-hybridized carbons (Fsp3) is 0.158. The summed E-state index contributed by atoms with van der Waals surface area (Å²) in [4.78, 5) is 22.8. The molecule has 0 aliphatic heterocycles. The van der Waals surface area contributed by atoms with E-state index in [9.17, 15) is 20.2 Å². The molecular formula is C19H17N3O4. The normalized spacial score (nSPS) is 10.9. The lowest BCUT2D eigenvalue weighted by Gasteiger charge is -2.11. The molecule has 2 aromatic carbocycles. The molecule has 7 heteroatoms. The molecule has 2 rings (SSSR count). The van der Waals surface area contributed by atoms with Crippen LogP contribution in [0.1, 0.15) is 19.4 Å². The molecule has 0 fully saturated rings. The van der Waals surface area contributed by atoms with Gasteiger partial charge in [-0.15, -0.1) is 0 Å². The van der Waals surface area contributed by atoms with E-state index in [-0.39, 0.29) is 22.9 Å². The quantitative estimate of drug-likeness (QED) is 0.367. The Morgan fingerprint density at radius 2 is 2.00 bits per heavy atom. The lowest BCUT2D eigenvalue weighted by atomic mass is 10.1. The number of amides is 1. The van der Waals surface area contributed by atoms with Gasteiger partial charge in [0.25, 0.3) is 11.6 Å². The minimum Gasteiger partial charge on any atom is -0.491 e. The highest BCUT2D eigenvalue weighted by molar-refractivity contribution is 6.10. The van der Waals surface area contributed by atoms with Crippen LogP contribution in [0.4, 0.5) is 11.4 Å². The second-order valence-electron chi connectivity index (χ2n) is 5.63. The van der Waals surface area contributed by atoms with E-state index < -0.39 is 10.8 Å². The predicted octanol–water partition coefficient (Wildman–Crippen LogP) is 3.93. The fourth-order valence-electron chi connectivity index (χ4n) is 2.20. The van der Waals surface area contributed by atoms with Gasteiger partial charge in [0.15, 0.2) is 0 Å². The molecule has 26 heavy (non-hydrogen) atoms. The number of nitrogens with zero attached hydrogens (tertiary/aromatic N) is 2. The van der Waals surface area contributed by atoms with Crippen molar-refractivity contribution >= 4 is 23.4 Å². The number of nitro benzene ring substituents is 1. The summed E-state index contributed by atoms with van der Waals surface area (Å²) in [5, 5.41) is 22.9. The number of nitro groups is 1. The first-order valence-corrected chi connectivity index (χ1v) is 7.84. The highest BCUT2D eigenvalue weighted by atomic mass is 16.6. The van der Waals surface area contributed by atoms with Crippen LogP contribution >= 0.6 is 0 Å².